The van der Waals surface area contributed by atoms with E-state index in [1.54, 1.807) is 6.92 Å². The molecule has 0 saturated carbocycles. The minimum atomic E-state index is -0.511. The number of amides is 2. The summed E-state index contributed by atoms with van der Waals surface area (Å²) >= 11 is 10.6. The molecule has 2 amide bonds. The average molecular weight is 435 g/mol. The monoisotopic (exact) mass is 434 g/mol. The number of likely N-dealkylation sites (tertiary alicyclic amines) is 1. The number of piperidine rings is 1. The minimum Gasteiger partial charge on any atom is -0.511 e. The molecule has 1 N–H and O–H groups in total. The van der Waals surface area contributed by atoms with Gasteiger partial charge < -0.3 is 14.9 Å². The van der Waals surface area contributed by atoms with Crippen molar-refractivity contribution in [3.63, 3.8) is 0 Å². The summed E-state index contributed by atoms with van der Waals surface area (Å²) in [5.74, 6) is -2.14. The SMILES string of the molecule is CCC1C(=O)/C(=C/C=C/C2=C(O)C(CC)C(=S)N(CC)C2=O)C(=O)N(CC)C1=S. The van der Waals surface area contributed by atoms with Crippen LogP contribution in [-0.2, 0) is 14.4 Å². The van der Waals surface area contributed by atoms with Crippen LogP contribution in [0, 0.1) is 11.8 Å². The molecule has 2 heterocycles. The third kappa shape index (κ3) is 4.09. The van der Waals surface area contributed by atoms with Crippen molar-refractivity contribution in [1.29, 1.82) is 0 Å². The molecule has 156 valence electrons. The maximum atomic E-state index is 12.7. The molecule has 1 fully saturated rings. The maximum absolute atomic E-state index is 12.7. The fourth-order valence-corrected chi connectivity index (χ4v) is 4.54. The highest BCUT2D eigenvalue weighted by Crippen LogP contribution is 2.29. The Kier molecular flexibility index (Phi) is 7.60. The number of Topliss-reactive ketones (excluding diaryl/α,β-unsaturated/α-hetero) is 1. The number of carbonyl (C=O) groups is 3. The first-order chi connectivity index (χ1) is 13.7. The van der Waals surface area contributed by atoms with Gasteiger partial charge in [-0.15, -0.1) is 0 Å². The lowest BCUT2D eigenvalue weighted by molar-refractivity contribution is -0.129. The van der Waals surface area contributed by atoms with Gasteiger partial charge >= 0.3 is 0 Å². The van der Waals surface area contributed by atoms with Crippen molar-refractivity contribution in [2.45, 2.75) is 40.5 Å². The second-order valence-corrected chi connectivity index (χ2v) is 7.64. The Hall–Kier alpha value is -2.19. The quantitative estimate of drug-likeness (QED) is 0.393. The van der Waals surface area contributed by atoms with Gasteiger partial charge in [-0.2, -0.15) is 0 Å². The van der Waals surface area contributed by atoms with Crippen LogP contribution < -0.4 is 0 Å². The number of hydrogen-bond donors (Lipinski definition) is 1. The van der Waals surface area contributed by atoms with E-state index in [9.17, 15) is 19.5 Å². The van der Waals surface area contributed by atoms with Crippen LogP contribution in [0.5, 0.6) is 0 Å². The van der Waals surface area contributed by atoms with Gasteiger partial charge in [0.2, 0.25) is 0 Å². The van der Waals surface area contributed by atoms with E-state index in [1.807, 2.05) is 20.8 Å². The van der Waals surface area contributed by atoms with E-state index in [4.69, 9.17) is 24.4 Å². The third-order valence-corrected chi connectivity index (χ3v) is 6.25. The van der Waals surface area contributed by atoms with Crippen LogP contribution in [0.3, 0.4) is 0 Å². The van der Waals surface area contributed by atoms with Crippen molar-refractivity contribution >= 4 is 52.0 Å². The number of aliphatic hydroxyl groups excluding tert-OH is 1. The summed E-state index contributed by atoms with van der Waals surface area (Å²) in [5.41, 5.74) is 0.150. The summed E-state index contributed by atoms with van der Waals surface area (Å²) in [4.78, 5) is 41.7. The van der Waals surface area contributed by atoms with E-state index in [-0.39, 0.29) is 22.7 Å². The van der Waals surface area contributed by atoms with Gasteiger partial charge in [-0.1, -0.05) is 44.4 Å². The van der Waals surface area contributed by atoms with Gasteiger partial charge in [0.1, 0.15) is 5.76 Å². The van der Waals surface area contributed by atoms with E-state index in [1.165, 1.54) is 28.0 Å². The van der Waals surface area contributed by atoms with Crippen molar-refractivity contribution in [2.75, 3.05) is 13.1 Å². The second kappa shape index (κ2) is 9.54. The van der Waals surface area contributed by atoms with Crippen molar-refractivity contribution in [2.24, 2.45) is 11.8 Å². The molecule has 2 aliphatic rings. The number of hydrogen-bond acceptors (Lipinski definition) is 6. The molecule has 2 atom stereocenters. The Morgan fingerprint density at radius 3 is 1.93 bits per heavy atom. The minimum absolute atomic E-state index is 0.0295. The molecule has 0 radical (unpaired) electrons. The maximum Gasteiger partial charge on any atom is 0.262 e. The molecule has 2 unspecified atom stereocenters. The van der Waals surface area contributed by atoms with Gasteiger partial charge in [0, 0.05) is 13.1 Å². The smallest absolute Gasteiger partial charge is 0.262 e. The topological polar surface area (TPSA) is 77.9 Å². The van der Waals surface area contributed by atoms with E-state index in [0.29, 0.717) is 35.9 Å². The van der Waals surface area contributed by atoms with Gasteiger partial charge in [0.05, 0.1) is 33.0 Å². The lowest BCUT2D eigenvalue weighted by Gasteiger charge is -2.33. The molecule has 0 bridgehead atoms. The first-order valence-corrected chi connectivity index (χ1v) is 10.6. The molecule has 8 heteroatoms. The van der Waals surface area contributed by atoms with E-state index >= 15 is 0 Å². The third-order valence-electron chi connectivity index (χ3n) is 5.24. The zero-order chi connectivity index (χ0) is 21.9. The Labute approximate surface area is 181 Å². The largest absolute Gasteiger partial charge is 0.511 e. The summed E-state index contributed by atoms with van der Waals surface area (Å²) in [6.07, 6.45) is 5.36. The Bertz CT molecular complexity index is 829. The predicted molar refractivity (Wildman–Crippen MR) is 119 cm³/mol. The number of thiocarbonyl (C=S) groups is 2. The molecule has 0 aromatic heterocycles. The summed E-state index contributed by atoms with van der Waals surface area (Å²) in [6.45, 7) is 8.13. The van der Waals surface area contributed by atoms with E-state index in [0.717, 1.165) is 0 Å². The summed E-state index contributed by atoms with van der Waals surface area (Å²) in [6, 6.07) is 0. The lowest BCUT2D eigenvalue weighted by atomic mass is 9.89. The van der Waals surface area contributed by atoms with Gasteiger partial charge in [-0.25, -0.2) is 0 Å². The first kappa shape index (κ1) is 23.1. The number of carbonyl (C=O) groups excluding carboxylic acids is 3. The summed E-state index contributed by atoms with van der Waals surface area (Å²) < 4.78 is 0. The summed E-state index contributed by atoms with van der Waals surface area (Å²) in [5, 5.41) is 10.5. The van der Waals surface area contributed by atoms with Crippen LogP contribution >= 0.6 is 24.4 Å². The fourth-order valence-electron chi connectivity index (χ4n) is 3.56. The molecule has 29 heavy (non-hydrogen) atoms. The number of likely N-dealkylation sites (N-methyl/N-ethyl adjacent to an activating group) is 2. The predicted octanol–water partition coefficient (Wildman–Crippen LogP) is 3.28. The van der Waals surface area contributed by atoms with Crippen molar-refractivity contribution in [3.05, 3.63) is 35.1 Å². The second-order valence-electron chi connectivity index (χ2n) is 6.80. The number of nitrogens with zero attached hydrogens (tertiary/aromatic N) is 2. The van der Waals surface area contributed by atoms with Crippen LogP contribution in [0.1, 0.15) is 40.5 Å². The molecule has 0 aromatic carbocycles. The average Bonchev–Trinajstić information content (AvgIpc) is 2.68. The number of aliphatic hydroxyl groups is 1. The normalized spacial score (nSPS) is 25.2. The molecule has 6 nitrogen and oxygen atoms in total. The van der Waals surface area contributed by atoms with Crippen LogP contribution in [0.25, 0.3) is 0 Å². The Morgan fingerprint density at radius 1 is 0.897 bits per heavy atom. The number of rotatable bonds is 6. The highest BCUT2D eigenvalue weighted by atomic mass is 32.1. The van der Waals surface area contributed by atoms with Crippen molar-refractivity contribution in [1.82, 2.24) is 9.80 Å². The van der Waals surface area contributed by atoms with Gasteiger partial charge in [-0.3, -0.25) is 14.4 Å². The molecule has 1 saturated heterocycles. The van der Waals surface area contributed by atoms with Crippen LogP contribution in [0.2, 0.25) is 0 Å². The zero-order valence-electron chi connectivity index (χ0n) is 17.1. The molecular weight excluding hydrogens is 408 g/mol. The molecule has 2 rings (SSSR count). The Balaban J connectivity index is 2.42. The fraction of sp³-hybridized carbons (Fsp3) is 0.476. The molecule has 2 aliphatic heterocycles. The van der Waals surface area contributed by atoms with Crippen LogP contribution in [0.15, 0.2) is 35.1 Å². The van der Waals surface area contributed by atoms with E-state index in [2.05, 4.69) is 0 Å². The molecular formula is C21H26N2O4S2. The van der Waals surface area contributed by atoms with Gasteiger partial charge in [0.25, 0.3) is 11.8 Å². The highest BCUT2D eigenvalue weighted by Gasteiger charge is 2.39. The zero-order valence-corrected chi connectivity index (χ0v) is 18.7. The van der Waals surface area contributed by atoms with Gasteiger partial charge in [0.15, 0.2) is 5.78 Å². The highest BCUT2D eigenvalue weighted by molar-refractivity contribution is 7.80. The first-order valence-electron chi connectivity index (χ1n) is 9.81. The molecule has 0 aliphatic carbocycles. The number of ketones is 1. The van der Waals surface area contributed by atoms with Gasteiger partial charge in [-0.05, 0) is 38.8 Å². The number of allylic oxidation sites excluding steroid dienone is 2. The lowest BCUT2D eigenvalue weighted by Crippen LogP contribution is -2.49. The van der Waals surface area contributed by atoms with Crippen molar-refractivity contribution in [3.8, 4) is 0 Å². The molecule has 0 aromatic rings. The van der Waals surface area contributed by atoms with Crippen LogP contribution in [0.4, 0.5) is 0 Å². The standard InChI is InChI=1S/C21H26N2O4S2/c1-5-12-16(24)14(18(26)22(7-3)20(12)28)10-9-11-15-17(25)13(6-2)21(29)23(8-4)19(15)27/h9-13,24H,5-8H2,1-4H3/b10-9+,15-11-. The van der Waals surface area contributed by atoms with Crippen LogP contribution in [-0.4, -0.2) is 55.6 Å². The Morgan fingerprint density at radius 2 is 1.41 bits per heavy atom. The molecule has 0 spiro atoms. The van der Waals surface area contributed by atoms with E-state index < -0.39 is 23.7 Å². The summed E-state index contributed by atoms with van der Waals surface area (Å²) in [7, 11) is 0. The van der Waals surface area contributed by atoms with Crippen molar-refractivity contribution < 1.29 is 19.5 Å².